The lowest BCUT2D eigenvalue weighted by Crippen LogP contribution is -2.46. The Hall–Kier alpha value is -2.15. The first-order valence-electron chi connectivity index (χ1n) is 9.87. The summed E-state index contributed by atoms with van der Waals surface area (Å²) in [4.78, 5) is 20.0. The molecule has 1 atom stereocenters. The first kappa shape index (κ1) is 20.6. The number of aromatic nitrogens is 1. The van der Waals surface area contributed by atoms with Crippen molar-refractivity contribution >= 4 is 15.9 Å². The Balaban J connectivity index is 1.80. The summed E-state index contributed by atoms with van der Waals surface area (Å²) in [6.07, 6.45) is 11.7. The molecule has 0 bridgehead atoms. The summed E-state index contributed by atoms with van der Waals surface area (Å²) >= 11 is 0. The number of carbonyl (C=O) groups is 1. The summed E-state index contributed by atoms with van der Waals surface area (Å²) in [5.41, 5.74) is 1.82. The van der Waals surface area contributed by atoms with Crippen LogP contribution in [0.2, 0.25) is 0 Å². The summed E-state index contributed by atoms with van der Waals surface area (Å²) < 4.78 is 25.5. The molecule has 6 nitrogen and oxygen atoms in total. The molecule has 3 rings (SSSR count). The minimum absolute atomic E-state index is 0.144. The van der Waals surface area contributed by atoms with E-state index < -0.39 is 15.4 Å². The highest BCUT2D eigenvalue weighted by Gasteiger charge is 2.39. The number of likely N-dealkylation sites (tertiary alicyclic amines) is 1. The molecule has 1 N–H and O–H groups in total. The summed E-state index contributed by atoms with van der Waals surface area (Å²) in [7, 11) is -3.34. The Morgan fingerprint density at radius 2 is 2.00 bits per heavy atom. The SMILES string of the molecule is Cc1cccc(CCC2(C(=O)N3CCCCC3)C=CC(NS(C)(=O)=O)=CC2)n1. The third kappa shape index (κ3) is 5.22. The van der Waals surface area contributed by atoms with Gasteiger partial charge in [-0.25, -0.2) is 8.42 Å². The quantitative estimate of drug-likeness (QED) is 0.792. The van der Waals surface area contributed by atoms with Crippen LogP contribution in [-0.2, 0) is 21.2 Å². The van der Waals surface area contributed by atoms with Crippen LogP contribution in [-0.4, -0.2) is 43.6 Å². The zero-order valence-electron chi connectivity index (χ0n) is 16.6. The average Bonchev–Trinajstić information content (AvgIpc) is 2.67. The number of nitrogens with zero attached hydrogens (tertiary/aromatic N) is 2. The number of sulfonamides is 1. The number of aryl methyl sites for hydroxylation is 2. The van der Waals surface area contributed by atoms with Crippen LogP contribution >= 0.6 is 0 Å². The second-order valence-electron chi connectivity index (χ2n) is 7.85. The molecule has 2 heterocycles. The topological polar surface area (TPSA) is 79.4 Å². The Morgan fingerprint density at radius 3 is 2.61 bits per heavy atom. The third-order valence-electron chi connectivity index (χ3n) is 5.41. The van der Waals surface area contributed by atoms with Crippen molar-refractivity contribution in [2.24, 2.45) is 5.41 Å². The minimum Gasteiger partial charge on any atom is -0.342 e. The van der Waals surface area contributed by atoms with Gasteiger partial charge >= 0.3 is 0 Å². The lowest BCUT2D eigenvalue weighted by Gasteiger charge is -2.38. The zero-order chi connectivity index (χ0) is 20.2. The highest BCUT2D eigenvalue weighted by Crippen LogP contribution is 2.37. The van der Waals surface area contributed by atoms with Crippen molar-refractivity contribution in [3.63, 3.8) is 0 Å². The summed E-state index contributed by atoms with van der Waals surface area (Å²) in [6.45, 7) is 3.56. The van der Waals surface area contributed by atoms with Crippen molar-refractivity contribution in [1.82, 2.24) is 14.6 Å². The molecule has 2 aliphatic rings. The molecule has 1 unspecified atom stereocenters. The van der Waals surface area contributed by atoms with E-state index in [1.54, 1.807) is 6.08 Å². The Bertz CT molecular complexity index is 886. The van der Waals surface area contributed by atoms with Crippen molar-refractivity contribution in [2.45, 2.75) is 45.4 Å². The van der Waals surface area contributed by atoms with Crippen LogP contribution in [0.4, 0.5) is 0 Å². The molecular formula is C21H29N3O3S. The van der Waals surface area contributed by atoms with Gasteiger partial charge in [-0.1, -0.05) is 18.2 Å². The first-order chi connectivity index (χ1) is 13.3. The van der Waals surface area contributed by atoms with Crippen molar-refractivity contribution in [3.8, 4) is 0 Å². The van der Waals surface area contributed by atoms with Crippen LogP contribution in [0, 0.1) is 12.3 Å². The largest absolute Gasteiger partial charge is 0.342 e. The maximum atomic E-state index is 13.4. The van der Waals surface area contributed by atoms with Gasteiger partial charge in [-0.3, -0.25) is 14.5 Å². The molecule has 1 aromatic heterocycles. The second-order valence-corrected chi connectivity index (χ2v) is 9.60. The van der Waals surface area contributed by atoms with Gasteiger partial charge in [0.05, 0.1) is 11.7 Å². The Morgan fingerprint density at radius 1 is 1.25 bits per heavy atom. The number of carbonyl (C=O) groups excluding carboxylic acids is 1. The molecule has 0 radical (unpaired) electrons. The Kier molecular flexibility index (Phi) is 6.23. The van der Waals surface area contributed by atoms with Gasteiger partial charge in [0.25, 0.3) is 0 Å². The van der Waals surface area contributed by atoms with Gasteiger partial charge in [-0.2, -0.15) is 0 Å². The van der Waals surface area contributed by atoms with Crippen LogP contribution in [0.3, 0.4) is 0 Å². The van der Waals surface area contributed by atoms with Crippen LogP contribution in [0.15, 0.2) is 42.1 Å². The summed E-state index contributed by atoms with van der Waals surface area (Å²) in [5, 5.41) is 0. The van der Waals surface area contributed by atoms with Gasteiger partial charge in [0.2, 0.25) is 15.9 Å². The molecular weight excluding hydrogens is 374 g/mol. The Labute approximate surface area is 167 Å². The van der Waals surface area contributed by atoms with Crippen LogP contribution < -0.4 is 4.72 Å². The maximum Gasteiger partial charge on any atom is 0.232 e. The van der Waals surface area contributed by atoms with E-state index in [1.165, 1.54) is 6.42 Å². The molecule has 28 heavy (non-hydrogen) atoms. The lowest BCUT2D eigenvalue weighted by molar-refractivity contribution is -0.140. The molecule has 1 aliphatic heterocycles. The van der Waals surface area contributed by atoms with Gasteiger partial charge in [0.1, 0.15) is 0 Å². The molecule has 1 saturated heterocycles. The van der Waals surface area contributed by atoms with E-state index in [9.17, 15) is 13.2 Å². The number of hydrogen-bond acceptors (Lipinski definition) is 4. The minimum atomic E-state index is -3.34. The first-order valence-corrected chi connectivity index (χ1v) is 11.8. The van der Waals surface area contributed by atoms with Crippen molar-refractivity contribution in [1.29, 1.82) is 0 Å². The number of allylic oxidation sites excluding steroid dienone is 2. The van der Waals surface area contributed by atoms with E-state index in [4.69, 9.17) is 0 Å². The number of pyridine rings is 1. The second kappa shape index (κ2) is 8.47. The number of piperidine rings is 1. The normalized spacial score (nSPS) is 22.6. The van der Waals surface area contributed by atoms with E-state index in [1.807, 2.05) is 42.2 Å². The van der Waals surface area contributed by atoms with E-state index in [-0.39, 0.29) is 5.91 Å². The lowest BCUT2D eigenvalue weighted by atomic mass is 9.75. The standard InChI is InChI=1S/C21H29N3O3S/c1-17-7-6-8-18(22-17)9-12-21(20(25)24-15-4-3-5-16-24)13-10-19(11-14-21)23-28(2,26)27/h6-8,10-11,13,23H,3-5,9,12,14-16H2,1-2H3. The predicted molar refractivity (Wildman–Crippen MR) is 110 cm³/mol. The third-order valence-corrected chi connectivity index (χ3v) is 6.02. The molecule has 1 fully saturated rings. The van der Waals surface area contributed by atoms with E-state index in [0.29, 0.717) is 25.0 Å². The van der Waals surface area contributed by atoms with Gasteiger partial charge in [-0.15, -0.1) is 0 Å². The van der Waals surface area contributed by atoms with Crippen LogP contribution in [0.1, 0.15) is 43.5 Å². The number of nitrogens with one attached hydrogen (secondary N) is 1. The van der Waals surface area contributed by atoms with Gasteiger partial charge in [0.15, 0.2) is 0 Å². The molecule has 7 heteroatoms. The molecule has 0 saturated carbocycles. The number of amides is 1. The molecule has 1 aromatic rings. The number of rotatable bonds is 6. The van der Waals surface area contributed by atoms with E-state index in [0.717, 1.165) is 43.6 Å². The van der Waals surface area contributed by atoms with Crippen molar-refractivity contribution in [3.05, 3.63) is 53.5 Å². The van der Waals surface area contributed by atoms with E-state index >= 15 is 0 Å². The van der Waals surface area contributed by atoms with Crippen LogP contribution in [0.25, 0.3) is 0 Å². The van der Waals surface area contributed by atoms with Gasteiger partial charge < -0.3 is 4.90 Å². The highest BCUT2D eigenvalue weighted by molar-refractivity contribution is 7.88. The van der Waals surface area contributed by atoms with Crippen molar-refractivity contribution in [2.75, 3.05) is 19.3 Å². The fourth-order valence-corrected chi connectivity index (χ4v) is 4.50. The highest BCUT2D eigenvalue weighted by atomic mass is 32.2. The van der Waals surface area contributed by atoms with E-state index in [2.05, 4.69) is 9.71 Å². The maximum absolute atomic E-state index is 13.4. The molecule has 0 spiro atoms. The van der Waals surface area contributed by atoms with Gasteiger partial charge in [0, 0.05) is 30.2 Å². The zero-order valence-corrected chi connectivity index (χ0v) is 17.5. The van der Waals surface area contributed by atoms with Crippen molar-refractivity contribution < 1.29 is 13.2 Å². The molecule has 1 amide bonds. The fourth-order valence-electron chi connectivity index (χ4n) is 3.92. The molecule has 1 aliphatic carbocycles. The summed E-state index contributed by atoms with van der Waals surface area (Å²) in [6, 6.07) is 5.94. The monoisotopic (exact) mass is 403 g/mol. The molecule has 0 aromatic carbocycles. The average molecular weight is 404 g/mol. The van der Waals surface area contributed by atoms with Crippen LogP contribution in [0.5, 0.6) is 0 Å². The fraction of sp³-hybridized carbons (Fsp3) is 0.524. The number of hydrogen-bond donors (Lipinski definition) is 1. The smallest absolute Gasteiger partial charge is 0.232 e. The summed E-state index contributed by atoms with van der Waals surface area (Å²) in [5.74, 6) is 0.144. The predicted octanol–water partition coefficient (Wildman–Crippen LogP) is 2.71. The van der Waals surface area contributed by atoms with Gasteiger partial charge in [-0.05, 0) is 63.7 Å². The molecule has 152 valence electrons.